The molecular weight excluding hydrogens is 412 g/mol. The van der Waals surface area contributed by atoms with Crippen LogP contribution in [0, 0.1) is 5.92 Å². The third-order valence-electron chi connectivity index (χ3n) is 4.98. The average Bonchev–Trinajstić information content (AvgIpc) is 3.14. The lowest BCUT2D eigenvalue weighted by molar-refractivity contribution is -0.148. The molecule has 0 spiro atoms. The number of aliphatic carboxylic acids is 2. The van der Waals surface area contributed by atoms with Crippen LogP contribution in [0.2, 0.25) is 0 Å². The summed E-state index contributed by atoms with van der Waals surface area (Å²) in [4.78, 5) is 61.4. The minimum Gasteiger partial charge on any atom is -0.481 e. The molecule has 0 aromatic carbocycles. The molecule has 5 unspecified atom stereocenters. The summed E-state index contributed by atoms with van der Waals surface area (Å²) in [7, 11) is 0. The second-order valence-electron chi connectivity index (χ2n) is 8.14. The van der Waals surface area contributed by atoms with Crippen LogP contribution in [0.3, 0.4) is 0 Å². The Hall–Kier alpha value is -2.73. The number of hydrogen-bond donors (Lipinski definition) is 6. The van der Waals surface area contributed by atoms with Crippen LogP contribution in [0.4, 0.5) is 0 Å². The molecule has 176 valence electrons. The summed E-state index contributed by atoms with van der Waals surface area (Å²) >= 11 is 0. The van der Waals surface area contributed by atoms with Gasteiger partial charge in [-0.2, -0.15) is 0 Å². The van der Waals surface area contributed by atoms with E-state index in [1.807, 2.05) is 13.8 Å². The highest BCUT2D eigenvalue weighted by Gasteiger charge is 2.39. The number of nitrogens with zero attached hydrogens (tertiary/aromatic N) is 1. The van der Waals surface area contributed by atoms with Gasteiger partial charge in [-0.15, -0.1) is 0 Å². The van der Waals surface area contributed by atoms with Gasteiger partial charge in [-0.25, -0.2) is 4.79 Å². The predicted octanol–water partition coefficient (Wildman–Crippen LogP) is -1.74. The zero-order chi connectivity index (χ0) is 23.9. The number of hydrogen-bond acceptors (Lipinski definition) is 7. The highest BCUT2D eigenvalue weighted by Crippen LogP contribution is 2.21. The first-order valence-electron chi connectivity index (χ1n) is 10.1. The Morgan fingerprint density at radius 1 is 1.06 bits per heavy atom. The molecular formula is C19H32N4O8. The van der Waals surface area contributed by atoms with Crippen molar-refractivity contribution in [1.29, 1.82) is 0 Å². The maximum absolute atomic E-state index is 13.1. The molecule has 3 amide bonds. The molecule has 1 fully saturated rings. The van der Waals surface area contributed by atoms with Gasteiger partial charge < -0.3 is 36.6 Å². The normalized spacial score (nSPS) is 19.9. The summed E-state index contributed by atoms with van der Waals surface area (Å²) < 4.78 is 0. The summed E-state index contributed by atoms with van der Waals surface area (Å²) in [5.74, 6) is -4.87. The number of carboxylic acids is 2. The lowest BCUT2D eigenvalue weighted by Crippen LogP contribution is -2.58. The molecule has 1 aliphatic heterocycles. The summed E-state index contributed by atoms with van der Waals surface area (Å²) in [5, 5.41) is 32.2. The van der Waals surface area contributed by atoms with Crippen molar-refractivity contribution in [1.82, 2.24) is 15.5 Å². The monoisotopic (exact) mass is 444 g/mol. The number of nitrogens with one attached hydrogen (secondary N) is 2. The average molecular weight is 444 g/mol. The van der Waals surface area contributed by atoms with E-state index in [1.54, 1.807) is 0 Å². The van der Waals surface area contributed by atoms with Crippen LogP contribution in [0.25, 0.3) is 0 Å². The van der Waals surface area contributed by atoms with Gasteiger partial charge in [-0.1, -0.05) is 13.8 Å². The van der Waals surface area contributed by atoms with Crippen LogP contribution in [-0.4, -0.2) is 86.7 Å². The lowest BCUT2D eigenvalue weighted by atomic mass is 10.0. The van der Waals surface area contributed by atoms with Crippen LogP contribution < -0.4 is 16.4 Å². The molecule has 0 radical (unpaired) electrons. The molecule has 0 saturated carbocycles. The van der Waals surface area contributed by atoms with Crippen molar-refractivity contribution in [2.24, 2.45) is 11.7 Å². The molecule has 5 atom stereocenters. The first-order chi connectivity index (χ1) is 14.3. The number of carboxylic acid groups (broad SMARTS) is 2. The molecule has 1 rings (SSSR count). The van der Waals surface area contributed by atoms with E-state index in [2.05, 4.69) is 10.6 Å². The standard InChI is InChI=1S/C19H32N4O8/c1-9(2)7-11(21-17(28)15(20)10(3)24)18(29)23-6-4-5-13(23)16(27)22-12(19(30)31)8-14(25)26/h9-13,15,24H,4-8,20H2,1-3H3,(H,21,28)(H,22,27)(H,25,26)(H,30,31). The molecule has 0 aromatic heterocycles. The summed E-state index contributed by atoms with van der Waals surface area (Å²) in [5.41, 5.74) is 5.64. The Morgan fingerprint density at radius 3 is 2.16 bits per heavy atom. The van der Waals surface area contributed by atoms with Crippen molar-refractivity contribution in [3.63, 3.8) is 0 Å². The number of likely N-dealkylation sites (tertiary alicyclic amines) is 1. The molecule has 7 N–H and O–H groups in total. The number of amides is 3. The van der Waals surface area contributed by atoms with E-state index >= 15 is 0 Å². The lowest BCUT2D eigenvalue weighted by Gasteiger charge is -2.30. The number of carbonyl (C=O) groups is 5. The Labute approximate surface area is 180 Å². The van der Waals surface area contributed by atoms with Crippen molar-refractivity contribution in [3.8, 4) is 0 Å². The van der Waals surface area contributed by atoms with Gasteiger partial charge in [0.1, 0.15) is 24.2 Å². The number of aliphatic hydroxyl groups is 1. The second kappa shape index (κ2) is 11.6. The fraction of sp³-hybridized carbons (Fsp3) is 0.737. The second-order valence-corrected chi connectivity index (χ2v) is 8.14. The van der Waals surface area contributed by atoms with Gasteiger partial charge in [-0.3, -0.25) is 19.2 Å². The Morgan fingerprint density at radius 2 is 1.68 bits per heavy atom. The SMILES string of the molecule is CC(C)CC(NC(=O)C(N)C(C)O)C(=O)N1CCCC1C(=O)NC(CC(=O)O)C(=O)O. The molecule has 0 aliphatic carbocycles. The van der Waals surface area contributed by atoms with E-state index in [-0.39, 0.29) is 25.3 Å². The highest BCUT2D eigenvalue weighted by molar-refractivity contribution is 5.95. The van der Waals surface area contributed by atoms with E-state index in [9.17, 15) is 29.1 Å². The van der Waals surface area contributed by atoms with Gasteiger partial charge in [0, 0.05) is 6.54 Å². The smallest absolute Gasteiger partial charge is 0.326 e. The number of nitrogens with two attached hydrogens (primary N) is 1. The summed E-state index contributed by atoms with van der Waals surface area (Å²) in [6.07, 6.45) is -0.908. The van der Waals surface area contributed by atoms with E-state index in [1.165, 1.54) is 11.8 Å². The molecule has 1 heterocycles. The zero-order valence-corrected chi connectivity index (χ0v) is 17.9. The topological polar surface area (TPSA) is 199 Å². The van der Waals surface area contributed by atoms with Crippen LogP contribution in [0.5, 0.6) is 0 Å². The van der Waals surface area contributed by atoms with Crippen molar-refractivity contribution in [2.45, 2.75) is 76.7 Å². The molecule has 0 aromatic rings. The first-order valence-corrected chi connectivity index (χ1v) is 10.1. The Kier molecular flexibility index (Phi) is 9.85. The Bertz CT molecular complexity index is 696. The molecule has 12 heteroatoms. The third-order valence-corrected chi connectivity index (χ3v) is 4.98. The summed E-state index contributed by atoms with van der Waals surface area (Å²) in [6.45, 7) is 5.26. The zero-order valence-electron chi connectivity index (χ0n) is 17.9. The van der Waals surface area contributed by atoms with Gasteiger partial charge >= 0.3 is 11.9 Å². The third kappa shape index (κ3) is 7.79. The van der Waals surface area contributed by atoms with Crippen LogP contribution >= 0.6 is 0 Å². The molecule has 12 nitrogen and oxygen atoms in total. The number of rotatable bonds is 11. The first kappa shape index (κ1) is 26.3. The predicted molar refractivity (Wildman–Crippen MR) is 108 cm³/mol. The number of carbonyl (C=O) groups excluding carboxylic acids is 3. The molecule has 0 bridgehead atoms. The van der Waals surface area contributed by atoms with Crippen LogP contribution in [-0.2, 0) is 24.0 Å². The Balaban J connectivity index is 2.97. The van der Waals surface area contributed by atoms with E-state index in [4.69, 9.17) is 15.9 Å². The quantitative estimate of drug-likeness (QED) is 0.214. The van der Waals surface area contributed by atoms with Crippen molar-refractivity contribution >= 4 is 29.7 Å². The van der Waals surface area contributed by atoms with Crippen molar-refractivity contribution in [2.75, 3.05) is 6.54 Å². The summed E-state index contributed by atoms with van der Waals surface area (Å²) in [6, 6.07) is -4.83. The van der Waals surface area contributed by atoms with Gasteiger partial charge in [0.05, 0.1) is 12.5 Å². The van der Waals surface area contributed by atoms with Gasteiger partial charge in [0.25, 0.3) is 0 Å². The fourth-order valence-corrected chi connectivity index (χ4v) is 3.33. The molecule has 31 heavy (non-hydrogen) atoms. The van der Waals surface area contributed by atoms with Gasteiger partial charge in [-0.05, 0) is 32.1 Å². The highest BCUT2D eigenvalue weighted by atomic mass is 16.4. The minimum atomic E-state index is -1.63. The molecule has 1 saturated heterocycles. The minimum absolute atomic E-state index is 0.0128. The van der Waals surface area contributed by atoms with Crippen LogP contribution in [0.1, 0.15) is 46.5 Å². The van der Waals surface area contributed by atoms with Crippen molar-refractivity contribution < 1.29 is 39.3 Å². The van der Waals surface area contributed by atoms with E-state index < -0.39 is 66.4 Å². The maximum atomic E-state index is 13.1. The maximum Gasteiger partial charge on any atom is 0.326 e. The van der Waals surface area contributed by atoms with E-state index in [0.29, 0.717) is 6.42 Å². The van der Waals surface area contributed by atoms with Crippen molar-refractivity contribution in [3.05, 3.63) is 0 Å². The number of aliphatic hydroxyl groups excluding tert-OH is 1. The van der Waals surface area contributed by atoms with Crippen LogP contribution in [0.15, 0.2) is 0 Å². The van der Waals surface area contributed by atoms with E-state index in [0.717, 1.165) is 0 Å². The largest absolute Gasteiger partial charge is 0.481 e. The van der Waals surface area contributed by atoms with Gasteiger partial charge in [0.15, 0.2) is 0 Å². The van der Waals surface area contributed by atoms with Gasteiger partial charge in [0.2, 0.25) is 17.7 Å². The molecule has 1 aliphatic rings. The fourth-order valence-electron chi connectivity index (χ4n) is 3.33.